The molecule has 0 amide bonds. The van der Waals surface area contributed by atoms with Gasteiger partial charge < -0.3 is 43.5 Å². The van der Waals surface area contributed by atoms with Gasteiger partial charge in [0.15, 0.2) is 0 Å². The number of esters is 1. The van der Waals surface area contributed by atoms with Crippen LogP contribution >= 0.6 is 0 Å². The third kappa shape index (κ3) is 4.49. The van der Waals surface area contributed by atoms with Crippen molar-refractivity contribution in [3.05, 3.63) is 52.6 Å². The zero-order valence-electron chi connectivity index (χ0n) is 17.4. The number of furan rings is 1. The molecule has 0 bridgehead atoms. The van der Waals surface area contributed by atoms with Crippen molar-refractivity contribution < 1.29 is 48.3 Å². The number of fused-ring (bicyclic) bond motifs is 1. The predicted octanol–water partition coefficient (Wildman–Crippen LogP) is 0.408. The lowest BCUT2D eigenvalue weighted by molar-refractivity contribution is -0.277. The molecule has 4 unspecified atom stereocenters. The largest absolute Gasteiger partial charge is 0.462 e. The van der Waals surface area contributed by atoms with Gasteiger partial charge in [-0.2, -0.15) is 0 Å². The van der Waals surface area contributed by atoms with Crippen LogP contribution in [0.5, 0.6) is 5.75 Å². The second-order valence-electron chi connectivity index (χ2n) is 7.35. The summed E-state index contributed by atoms with van der Waals surface area (Å²) >= 11 is 0. The summed E-state index contributed by atoms with van der Waals surface area (Å²) in [6.45, 7) is 1.25. The Morgan fingerprint density at radius 2 is 1.82 bits per heavy atom. The van der Waals surface area contributed by atoms with E-state index < -0.39 is 48.9 Å². The highest BCUT2D eigenvalue weighted by molar-refractivity contribution is 5.87. The van der Waals surface area contributed by atoms with E-state index in [1.165, 1.54) is 30.3 Å². The molecule has 11 heteroatoms. The van der Waals surface area contributed by atoms with Gasteiger partial charge in [-0.05, 0) is 37.3 Å². The summed E-state index contributed by atoms with van der Waals surface area (Å²) in [5, 5.41) is 39.7. The van der Waals surface area contributed by atoms with Crippen LogP contribution in [0.25, 0.3) is 22.3 Å². The van der Waals surface area contributed by atoms with Crippen molar-refractivity contribution in [2.45, 2.75) is 37.6 Å². The highest BCUT2D eigenvalue weighted by Crippen LogP contribution is 2.28. The Kier molecular flexibility index (Phi) is 6.49. The van der Waals surface area contributed by atoms with Crippen LogP contribution in [0.1, 0.15) is 17.5 Å². The molecule has 4 rings (SSSR count). The average molecular weight is 462 g/mol. The van der Waals surface area contributed by atoms with Crippen LogP contribution in [0.3, 0.4) is 0 Å². The molecule has 0 spiro atoms. The van der Waals surface area contributed by atoms with E-state index in [0.717, 1.165) is 0 Å². The molecule has 1 aliphatic rings. The van der Waals surface area contributed by atoms with Crippen molar-refractivity contribution in [3.63, 3.8) is 0 Å². The van der Waals surface area contributed by atoms with Crippen LogP contribution in [0.2, 0.25) is 0 Å². The van der Waals surface area contributed by atoms with Crippen molar-refractivity contribution >= 4 is 16.9 Å². The van der Waals surface area contributed by atoms with E-state index >= 15 is 0 Å². The Morgan fingerprint density at radius 1 is 1.03 bits per heavy atom. The first kappa shape index (κ1) is 23.0. The van der Waals surface area contributed by atoms with Gasteiger partial charge in [-0.3, -0.25) is 0 Å². The molecule has 1 aliphatic heterocycles. The van der Waals surface area contributed by atoms with Crippen molar-refractivity contribution in [1.82, 2.24) is 0 Å². The Hall–Kier alpha value is -3.22. The fourth-order valence-corrected chi connectivity index (χ4v) is 3.43. The molecule has 0 saturated carbocycles. The number of rotatable bonds is 6. The normalized spacial score (nSPS) is 25.2. The molecule has 176 valence electrons. The number of aliphatic hydroxyl groups excluding tert-OH is 4. The van der Waals surface area contributed by atoms with E-state index in [4.69, 9.17) is 23.0 Å². The van der Waals surface area contributed by atoms with Gasteiger partial charge in [0.25, 0.3) is 0 Å². The topological polar surface area (TPSA) is 169 Å². The Morgan fingerprint density at radius 3 is 2.55 bits per heavy atom. The van der Waals surface area contributed by atoms with Crippen molar-refractivity contribution in [2.24, 2.45) is 0 Å². The third-order valence-electron chi connectivity index (χ3n) is 5.16. The second kappa shape index (κ2) is 9.33. The molecule has 1 fully saturated rings. The van der Waals surface area contributed by atoms with E-state index in [1.54, 1.807) is 13.0 Å². The van der Waals surface area contributed by atoms with Gasteiger partial charge in [0.1, 0.15) is 47.1 Å². The van der Waals surface area contributed by atoms with Gasteiger partial charge >= 0.3 is 11.6 Å². The number of benzene rings is 1. The average Bonchev–Trinajstić information content (AvgIpc) is 3.29. The standard InChI is InChI=1S/C22H22O11/c1-2-29-21(28)14-6-5-13(31-14)12-7-10-3-4-11(8-15(10)32-20(12)27)30-22-19(26)18(25)17(24)16(9-23)33-22/h3-8,16-19,22-26H,2,9H2,1H3/t16-,17?,18?,19?,22?/m1/s1. The maximum Gasteiger partial charge on any atom is 0.374 e. The molecule has 1 saturated heterocycles. The first-order valence-corrected chi connectivity index (χ1v) is 10.1. The van der Waals surface area contributed by atoms with E-state index in [9.17, 15) is 30.0 Å². The summed E-state index contributed by atoms with van der Waals surface area (Å²) < 4.78 is 26.5. The first-order chi connectivity index (χ1) is 15.8. The lowest BCUT2D eigenvalue weighted by Gasteiger charge is -2.39. The quantitative estimate of drug-likeness (QED) is 0.296. The molecule has 5 atom stereocenters. The van der Waals surface area contributed by atoms with Crippen molar-refractivity contribution in [3.8, 4) is 17.1 Å². The second-order valence-corrected chi connectivity index (χ2v) is 7.35. The molecular formula is C22H22O11. The van der Waals surface area contributed by atoms with Gasteiger partial charge in [-0.25, -0.2) is 9.59 Å². The zero-order valence-corrected chi connectivity index (χ0v) is 17.4. The van der Waals surface area contributed by atoms with Crippen LogP contribution in [0, 0.1) is 0 Å². The molecule has 4 N–H and O–H groups in total. The van der Waals surface area contributed by atoms with E-state index in [1.807, 2.05) is 0 Å². The van der Waals surface area contributed by atoms with Crippen molar-refractivity contribution in [2.75, 3.05) is 13.2 Å². The maximum absolute atomic E-state index is 12.5. The SMILES string of the molecule is CCOC(=O)c1ccc(-c2cc3ccc(OC4O[C@H](CO)C(O)C(O)C4O)cc3oc2=O)o1. The van der Waals surface area contributed by atoms with Crippen LogP contribution < -0.4 is 10.4 Å². The molecule has 0 radical (unpaired) electrons. The van der Waals surface area contributed by atoms with Gasteiger partial charge in [-0.15, -0.1) is 0 Å². The number of carbonyl (C=O) groups excluding carboxylic acids is 1. The van der Waals surface area contributed by atoms with Crippen LogP contribution in [-0.2, 0) is 9.47 Å². The van der Waals surface area contributed by atoms with Gasteiger partial charge in [0, 0.05) is 11.5 Å². The van der Waals surface area contributed by atoms with E-state index in [-0.39, 0.29) is 35.0 Å². The lowest BCUT2D eigenvalue weighted by atomic mass is 9.99. The molecule has 33 heavy (non-hydrogen) atoms. The number of hydrogen-bond donors (Lipinski definition) is 4. The molecule has 1 aromatic carbocycles. The summed E-state index contributed by atoms with van der Waals surface area (Å²) in [5.74, 6) is -0.417. The Labute approximate surface area is 186 Å². The monoisotopic (exact) mass is 462 g/mol. The number of hydrogen-bond acceptors (Lipinski definition) is 11. The molecule has 2 aromatic heterocycles. The molecular weight excluding hydrogens is 440 g/mol. The number of ether oxygens (including phenoxy) is 3. The fourth-order valence-electron chi connectivity index (χ4n) is 3.43. The summed E-state index contributed by atoms with van der Waals surface area (Å²) in [5.41, 5.74) is -0.471. The van der Waals surface area contributed by atoms with E-state index in [0.29, 0.717) is 5.39 Å². The summed E-state index contributed by atoms with van der Waals surface area (Å²) in [7, 11) is 0. The highest BCUT2D eigenvalue weighted by atomic mass is 16.7. The third-order valence-corrected chi connectivity index (χ3v) is 5.16. The van der Waals surface area contributed by atoms with Gasteiger partial charge in [0.2, 0.25) is 12.1 Å². The minimum atomic E-state index is -1.59. The van der Waals surface area contributed by atoms with Crippen LogP contribution in [0.15, 0.2) is 50.0 Å². The minimum absolute atomic E-state index is 0.0466. The summed E-state index contributed by atoms with van der Waals surface area (Å²) in [4.78, 5) is 24.3. The lowest BCUT2D eigenvalue weighted by Crippen LogP contribution is -2.60. The minimum Gasteiger partial charge on any atom is -0.462 e. The van der Waals surface area contributed by atoms with Crippen molar-refractivity contribution in [1.29, 1.82) is 0 Å². The zero-order chi connectivity index (χ0) is 23.7. The summed E-state index contributed by atoms with van der Waals surface area (Å²) in [6.07, 6.45) is -7.19. The Bertz CT molecular complexity index is 1190. The molecule has 0 aliphatic carbocycles. The molecule has 3 aromatic rings. The number of carbonyl (C=O) groups is 1. The highest BCUT2D eigenvalue weighted by Gasteiger charge is 2.44. The molecule has 11 nitrogen and oxygen atoms in total. The van der Waals surface area contributed by atoms with Crippen LogP contribution in [0.4, 0.5) is 0 Å². The fraction of sp³-hybridized carbons (Fsp3) is 0.364. The smallest absolute Gasteiger partial charge is 0.374 e. The Balaban J connectivity index is 1.58. The van der Waals surface area contributed by atoms with Crippen LogP contribution in [-0.4, -0.2) is 70.3 Å². The van der Waals surface area contributed by atoms with Gasteiger partial charge in [0.05, 0.1) is 13.2 Å². The first-order valence-electron chi connectivity index (χ1n) is 10.1. The maximum atomic E-state index is 12.5. The summed E-state index contributed by atoms with van der Waals surface area (Å²) in [6, 6.07) is 8.85. The van der Waals surface area contributed by atoms with Gasteiger partial charge in [-0.1, -0.05) is 0 Å². The predicted molar refractivity (Wildman–Crippen MR) is 111 cm³/mol. The molecule has 3 heterocycles. The van der Waals surface area contributed by atoms with E-state index in [2.05, 4.69) is 0 Å². The number of aliphatic hydroxyl groups is 4.